The predicted octanol–water partition coefficient (Wildman–Crippen LogP) is -0.0249. The molecule has 14 heavy (non-hydrogen) atoms. The Morgan fingerprint density at radius 1 is 1.79 bits per heavy atom. The highest BCUT2D eigenvalue weighted by Crippen LogP contribution is 2.15. The van der Waals surface area contributed by atoms with Crippen LogP contribution in [0.4, 0.5) is 5.69 Å². The molecule has 0 aliphatic carbocycles. The van der Waals surface area contributed by atoms with Crippen molar-refractivity contribution in [3.8, 4) is 0 Å². The van der Waals surface area contributed by atoms with E-state index in [-0.39, 0.29) is 18.7 Å². The molecule has 7 heteroatoms. The second-order valence-corrected chi connectivity index (χ2v) is 2.81. The Morgan fingerprint density at radius 3 is 2.86 bits per heavy atom. The third kappa shape index (κ3) is 2.06. The van der Waals surface area contributed by atoms with E-state index in [0.29, 0.717) is 5.69 Å². The van der Waals surface area contributed by atoms with Gasteiger partial charge < -0.3 is 5.73 Å². The molecule has 1 amide bonds. The average Bonchev–Trinajstić information content (AvgIpc) is 2.43. The smallest absolute Gasteiger partial charge is 0.309 e. The summed E-state index contributed by atoms with van der Waals surface area (Å²) in [6.07, 6.45) is 1.29. The molecule has 1 heterocycles. The molecule has 0 atom stereocenters. The number of nitrogens with two attached hydrogens (primary N) is 1. The summed E-state index contributed by atoms with van der Waals surface area (Å²) >= 11 is 0. The number of aromatic nitrogens is 2. The van der Waals surface area contributed by atoms with Crippen molar-refractivity contribution < 1.29 is 9.72 Å². The van der Waals surface area contributed by atoms with Crippen LogP contribution in [0.1, 0.15) is 12.1 Å². The third-order valence-corrected chi connectivity index (χ3v) is 1.84. The van der Waals surface area contributed by atoms with Crippen LogP contribution in [0, 0.1) is 17.0 Å². The van der Waals surface area contributed by atoms with Crippen molar-refractivity contribution in [2.24, 2.45) is 5.73 Å². The van der Waals surface area contributed by atoms with Gasteiger partial charge in [0, 0.05) is 6.42 Å². The van der Waals surface area contributed by atoms with Crippen molar-refractivity contribution in [1.29, 1.82) is 0 Å². The molecule has 7 nitrogen and oxygen atoms in total. The summed E-state index contributed by atoms with van der Waals surface area (Å²) in [5, 5.41) is 14.2. The zero-order valence-corrected chi connectivity index (χ0v) is 7.64. The van der Waals surface area contributed by atoms with Gasteiger partial charge in [-0.25, -0.2) is 0 Å². The molecule has 0 unspecified atom stereocenters. The summed E-state index contributed by atoms with van der Waals surface area (Å²) in [6.45, 7) is 1.85. The molecule has 1 aromatic heterocycles. The van der Waals surface area contributed by atoms with E-state index < -0.39 is 10.8 Å². The second kappa shape index (κ2) is 3.86. The minimum absolute atomic E-state index is 0.0468. The lowest BCUT2D eigenvalue weighted by atomic mass is 10.4. The Bertz CT molecular complexity index is 371. The Balaban J connectivity index is 2.79. The lowest BCUT2D eigenvalue weighted by molar-refractivity contribution is -0.385. The van der Waals surface area contributed by atoms with E-state index in [1.54, 1.807) is 6.92 Å². The van der Waals surface area contributed by atoms with Gasteiger partial charge in [-0.05, 0) is 6.92 Å². The van der Waals surface area contributed by atoms with Gasteiger partial charge in [-0.3, -0.25) is 19.6 Å². The summed E-state index contributed by atoms with van der Waals surface area (Å²) in [5.74, 6) is -0.456. The first-order chi connectivity index (χ1) is 6.52. The zero-order chi connectivity index (χ0) is 10.7. The van der Waals surface area contributed by atoms with Crippen molar-refractivity contribution in [2.75, 3.05) is 0 Å². The van der Waals surface area contributed by atoms with Gasteiger partial charge in [0.05, 0.1) is 11.5 Å². The Labute approximate surface area is 79.7 Å². The van der Waals surface area contributed by atoms with Crippen LogP contribution in [0.5, 0.6) is 0 Å². The molecule has 0 aliphatic heterocycles. The van der Waals surface area contributed by atoms with E-state index in [1.807, 2.05) is 0 Å². The number of hydrogen-bond donors (Lipinski definition) is 1. The molecule has 2 N–H and O–H groups in total. The highest BCUT2D eigenvalue weighted by atomic mass is 16.6. The number of hydrogen-bond acceptors (Lipinski definition) is 4. The van der Waals surface area contributed by atoms with Crippen LogP contribution in [0.3, 0.4) is 0 Å². The molecule has 1 aromatic rings. The summed E-state index contributed by atoms with van der Waals surface area (Å²) in [6, 6.07) is 0. The summed E-state index contributed by atoms with van der Waals surface area (Å²) in [7, 11) is 0. The number of nitrogens with zero attached hydrogens (tertiary/aromatic N) is 3. The molecule has 0 bridgehead atoms. The maximum Gasteiger partial charge on any atom is 0.309 e. The van der Waals surface area contributed by atoms with E-state index in [0.717, 1.165) is 6.20 Å². The van der Waals surface area contributed by atoms with Gasteiger partial charge in [0.25, 0.3) is 0 Å². The number of carbonyl (C=O) groups excluding carboxylic acids is 1. The molecule has 0 aliphatic rings. The number of nitro groups is 1. The van der Waals surface area contributed by atoms with Crippen molar-refractivity contribution in [1.82, 2.24) is 9.78 Å². The molecule has 0 aromatic carbocycles. The van der Waals surface area contributed by atoms with Gasteiger partial charge in [0.1, 0.15) is 11.9 Å². The Hall–Kier alpha value is -1.92. The number of aryl methyl sites for hydroxylation is 1. The van der Waals surface area contributed by atoms with E-state index >= 15 is 0 Å². The van der Waals surface area contributed by atoms with Crippen LogP contribution >= 0.6 is 0 Å². The van der Waals surface area contributed by atoms with Crippen molar-refractivity contribution in [3.63, 3.8) is 0 Å². The molecule has 0 fully saturated rings. The second-order valence-electron chi connectivity index (χ2n) is 2.81. The molecule has 1 rings (SSSR count). The molecule has 0 saturated heterocycles. The molecular weight excluding hydrogens is 188 g/mol. The third-order valence-electron chi connectivity index (χ3n) is 1.84. The molecular formula is C7H10N4O3. The minimum Gasteiger partial charge on any atom is -0.370 e. The first kappa shape index (κ1) is 10.2. The van der Waals surface area contributed by atoms with Gasteiger partial charge in [0.15, 0.2) is 0 Å². The number of rotatable bonds is 4. The van der Waals surface area contributed by atoms with Crippen LogP contribution in [0.2, 0.25) is 0 Å². The zero-order valence-electron chi connectivity index (χ0n) is 7.64. The van der Waals surface area contributed by atoms with Crippen molar-refractivity contribution in [2.45, 2.75) is 19.9 Å². The average molecular weight is 198 g/mol. The van der Waals surface area contributed by atoms with Crippen LogP contribution in [-0.4, -0.2) is 20.6 Å². The lowest BCUT2D eigenvalue weighted by Crippen LogP contribution is -2.15. The van der Waals surface area contributed by atoms with Gasteiger partial charge in [0.2, 0.25) is 5.91 Å². The van der Waals surface area contributed by atoms with Gasteiger partial charge in [-0.1, -0.05) is 0 Å². The first-order valence-corrected chi connectivity index (χ1v) is 3.97. The quantitative estimate of drug-likeness (QED) is 0.542. The normalized spacial score (nSPS) is 10.1. The van der Waals surface area contributed by atoms with Crippen LogP contribution in [0.15, 0.2) is 6.20 Å². The SMILES string of the molecule is Cc1c([N+](=O)[O-])cnn1CCC(N)=O. The number of primary amides is 1. The largest absolute Gasteiger partial charge is 0.370 e. The van der Waals surface area contributed by atoms with E-state index in [4.69, 9.17) is 5.73 Å². The van der Waals surface area contributed by atoms with Crippen molar-refractivity contribution in [3.05, 3.63) is 22.0 Å². The van der Waals surface area contributed by atoms with E-state index in [2.05, 4.69) is 5.10 Å². The summed E-state index contributed by atoms with van der Waals surface area (Å²) < 4.78 is 1.39. The number of carbonyl (C=O) groups is 1. The van der Waals surface area contributed by atoms with E-state index in [1.165, 1.54) is 4.68 Å². The fourth-order valence-corrected chi connectivity index (χ4v) is 1.06. The number of amides is 1. The van der Waals surface area contributed by atoms with Gasteiger partial charge in [-0.15, -0.1) is 0 Å². The maximum atomic E-state index is 10.5. The van der Waals surface area contributed by atoms with Crippen molar-refractivity contribution >= 4 is 11.6 Å². The Kier molecular flexibility index (Phi) is 2.80. The summed E-state index contributed by atoms with van der Waals surface area (Å²) in [4.78, 5) is 20.4. The topological polar surface area (TPSA) is 104 Å². The standard InChI is InChI=1S/C7H10N4O3/c1-5-6(11(13)14)4-9-10(5)3-2-7(8)12/h4H,2-3H2,1H3,(H2,8,12). The lowest BCUT2D eigenvalue weighted by Gasteiger charge is -2.00. The highest BCUT2D eigenvalue weighted by molar-refractivity contribution is 5.73. The maximum absolute atomic E-state index is 10.5. The monoisotopic (exact) mass is 198 g/mol. The van der Waals surface area contributed by atoms with Crippen LogP contribution < -0.4 is 5.73 Å². The fourth-order valence-electron chi connectivity index (χ4n) is 1.06. The van der Waals surface area contributed by atoms with Crippen LogP contribution in [-0.2, 0) is 11.3 Å². The molecule has 0 radical (unpaired) electrons. The predicted molar refractivity (Wildman–Crippen MR) is 47.4 cm³/mol. The summed E-state index contributed by atoms with van der Waals surface area (Å²) in [5.41, 5.74) is 5.32. The first-order valence-electron chi connectivity index (χ1n) is 3.97. The molecule has 0 saturated carbocycles. The fraction of sp³-hybridized carbons (Fsp3) is 0.429. The molecule has 0 spiro atoms. The van der Waals surface area contributed by atoms with E-state index in [9.17, 15) is 14.9 Å². The Morgan fingerprint density at radius 2 is 2.43 bits per heavy atom. The minimum atomic E-state index is -0.511. The highest BCUT2D eigenvalue weighted by Gasteiger charge is 2.15. The van der Waals surface area contributed by atoms with Gasteiger partial charge in [-0.2, -0.15) is 5.10 Å². The van der Waals surface area contributed by atoms with Gasteiger partial charge >= 0.3 is 5.69 Å². The van der Waals surface area contributed by atoms with Crippen LogP contribution in [0.25, 0.3) is 0 Å². The molecule has 76 valence electrons.